The van der Waals surface area contributed by atoms with Gasteiger partial charge < -0.3 is 10.2 Å². The number of carbonyl (C=O) groups excluding carboxylic acids is 2. The van der Waals surface area contributed by atoms with Gasteiger partial charge in [0.2, 0.25) is 0 Å². The van der Waals surface area contributed by atoms with Gasteiger partial charge in [-0.05, 0) is 65.7 Å². The normalized spacial score (nSPS) is 12.5. The molecule has 1 aliphatic rings. The lowest BCUT2D eigenvalue weighted by atomic mass is 9.95. The highest BCUT2D eigenvalue weighted by Gasteiger charge is 2.24. The molecular weight excluding hydrogens is 454 g/mol. The SMILES string of the molecule is Cc1c(NC(=O)c2ccccc2-c2ccccc2C#N)cccc1C(=O)N1CCc2sccc2C1. The number of nitrogens with zero attached hydrogens (tertiary/aromatic N) is 2. The average Bonchev–Trinajstić information content (AvgIpc) is 3.37. The van der Waals surface area contributed by atoms with Crippen molar-refractivity contribution in [2.24, 2.45) is 0 Å². The highest BCUT2D eigenvalue weighted by molar-refractivity contribution is 7.10. The molecule has 5 nitrogen and oxygen atoms in total. The van der Waals surface area contributed by atoms with Crippen molar-refractivity contribution >= 4 is 28.8 Å². The molecule has 0 aliphatic carbocycles. The Labute approximate surface area is 208 Å². The number of hydrogen-bond acceptors (Lipinski definition) is 4. The molecule has 0 saturated heterocycles. The third kappa shape index (κ3) is 4.34. The Morgan fingerprint density at radius 2 is 1.69 bits per heavy atom. The minimum absolute atomic E-state index is 0.0289. The topological polar surface area (TPSA) is 73.2 Å². The molecule has 2 amide bonds. The van der Waals surface area contributed by atoms with E-state index >= 15 is 0 Å². The van der Waals surface area contributed by atoms with Crippen LogP contribution < -0.4 is 5.32 Å². The van der Waals surface area contributed by atoms with E-state index in [0.29, 0.717) is 46.6 Å². The van der Waals surface area contributed by atoms with E-state index in [2.05, 4.69) is 22.8 Å². The van der Waals surface area contributed by atoms with Crippen LogP contribution in [0.1, 0.15) is 42.3 Å². The minimum atomic E-state index is -0.290. The van der Waals surface area contributed by atoms with Gasteiger partial charge in [-0.2, -0.15) is 5.26 Å². The third-order valence-corrected chi connectivity index (χ3v) is 7.44. The molecule has 2 heterocycles. The van der Waals surface area contributed by atoms with Crippen molar-refractivity contribution in [3.8, 4) is 17.2 Å². The zero-order valence-electron chi connectivity index (χ0n) is 19.2. The number of anilines is 1. The maximum atomic E-state index is 13.4. The van der Waals surface area contributed by atoms with Crippen LogP contribution in [-0.2, 0) is 13.0 Å². The highest BCUT2D eigenvalue weighted by atomic mass is 32.1. The molecule has 0 saturated carbocycles. The lowest BCUT2D eigenvalue weighted by Gasteiger charge is -2.28. The van der Waals surface area contributed by atoms with Crippen molar-refractivity contribution < 1.29 is 9.59 Å². The summed E-state index contributed by atoms with van der Waals surface area (Å²) in [6.07, 6.45) is 0.870. The van der Waals surface area contributed by atoms with E-state index in [1.807, 2.05) is 48.2 Å². The Morgan fingerprint density at radius 1 is 0.943 bits per heavy atom. The van der Waals surface area contributed by atoms with E-state index in [0.717, 1.165) is 12.0 Å². The fraction of sp³-hybridized carbons (Fsp3) is 0.138. The highest BCUT2D eigenvalue weighted by Crippen LogP contribution is 2.30. The van der Waals surface area contributed by atoms with Crippen LogP contribution in [0.5, 0.6) is 0 Å². The number of nitrogens with one attached hydrogen (secondary N) is 1. The fourth-order valence-corrected chi connectivity index (χ4v) is 5.41. The van der Waals surface area contributed by atoms with Crippen LogP contribution >= 0.6 is 11.3 Å². The Kier molecular flexibility index (Phi) is 6.17. The van der Waals surface area contributed by atoms with Gasteiger partial charge in [-0.25, -0.2) is 0 Å². The lowest BCUT2D eigenvalue weighted by molar-refractivity contribution is 0.0735. The second-order valence-electron chi connectivity index (χ2n) is 8.48. The van der Waals surface area contributed by atoms with Crippen molar-refractivity contribution in [3.63, 3.8) is 0 Å². The molecule has 35 heavy (non-hydrogen) atoms. The average molecular weight is 478 g/mol. The van der Waals surface area contributed by atoms with Crippen molar-refractivity contribution in [1.29, 1.82) is 5.26 Å². The zero-order chi connectivity index (χ0) is 24.4. The number of nitriles is 1. The third-order valence-electron chi connectivity index (χ3n) is 6.42. The summed E-state index contributed by atoms with van der Waals surface area (Å²) in [5.41, 5.74) is 5.50. The second-order valence-corrected chi connectivity index (χ2v) is 9.48. The molecule has 172 valence electrons. The van der Waals surface area contributed by atoms with E-state index in [9.17, 15) is 14.9 Å². The van der Waals surface area contributed by atoms with Gasteiger partial charge in [0, 0.05) is 40.3 Å². The first-order valence-corrected chi connectivity index (χ1v) is 12.3. The van der Waals surface area contributed by atoms with Crippen LogP contribution in [0.15, 0.2) is 78.2 Å². The Bertz CT molecular complexity index is 1480. The summed E-state index contributed by atoms with van der Waals surface area (Å²) in [5.74, 6) is -0.319. The summed E-state index contributed by atoms with van der Waals surface area (Å²) < 4.78 is 0. The van der Waals surface area contributed by atoms with Gasteiger partial charge in [0.1, 0.15) is 0 Å². The Hall–Kier alpha value is -4.21. The van der Waals surface area contributed by atoms with Crippen molar-refractivity contribution in [1.82, 2.24) is 4.90 Å². The molecular formula is C29H23N3O2S. The predicted octanol–water partition coefficient (Wildman–Crippen LogP) is 6.05. The molecule has 0 spiro atoms. The first-order valence-electron chi connectivity index (χ1n) is 11.4. The number of rotatable bonds is 4. The number of carbonyl (C=O) groups is 2. The van der Waals surface area contributed by atoms with Crippen molar-refractivity contribution in [2.45, 2.75) is 19.9 Å². The number of fused-ring (bicyclic) bond motifs is 1. The van der Waals surface area contributed by atoms with Gasteiger partial charge >= 0.3 is 0 Å². The summed E-state index contributed by atoms with van der Waals surface area (Å²) in [7, 11) is 0. The molecule has 0 atom stereocenters. The van der Waals surface area contributed by atoms with Crippen molar-refractivity contribution in [2.75, 3.05) is 11.9 Å². The zero-order valence-corrected chi connectivity index (χ0v) is 20.1. The van der Waals surface area contributed by atoms with Crippen LogP contribution in [-0.4, -0.2) is 23.3 Å². The molecule has 0 unspecified atom stereocenters. The smallest absolute Gasteiger partial charge is 0.256 e. The number of amides is 2. The maximum Gasteiger partial charge on any atom is 0.256 e. The molecule has 4 aromatic rings. The quantitative estimate of drug-likeness (QED) is 0.389. The van der Waals surface area contributed by atoms with E-state index in [1.165, 1.54) is 10.4 Å². The summed E-state index contributed by atoms with van der Waals surface area (Å²) >= 11 is 1.74. The number of benzene rings is 3. The molecule has 0 bridgehead atoms. The molecule has 1 aliphatic heterocycles. The van der Waals surface area contributed by atoms with Gasteiger partial charge in [-0.15, -0.1) is 11.3 Å². The van der Waals surface area contributed by atoms with E-state index in [1.54, 1.807) is 41.7 Å². The summed E-state index contributed by atoms with van der Waals surface area (Å²) in [4.78, 5) is 29.9. The first-order chi connectivity index (χ1) is 17.1. The van der Waals surface area contributed by atoms with E-state index < -0.39 is 0 Å². The number of thiophene rings is 1. The van der Waals surface area contributed by atoms with Gasteiger partial charge in [-0.1, -0.05) is 42.5 Å². The first kappa shape index (κ1) is 22.6. The summed E-state index contributed by atoms with van der Waals surface area (Å²) in [6, 6.07) is 24.2. The van der Waals surface area contributed by atoms with Crippen LogP contribution in [0.4, 0.5) is 5.69 Å². The van der Waals surface area contributed by atoms with Gasteiger partial charge in [0.25, 0.3) is 11.8 Å². The summed E-state index contributed by atoms with van der Waals surface area (Å²) in [6.45, 7) is 3.16. The predicted molar refractivity (Wildman–Crippen MR) is 138 cm³/mol. The molecule has 6 heteroatoms. The lowest BCUT2D eigenvalue weighted by Crippen LogP contribution is -2.35. The fourth-order valence-electron chi connectivity index (χ4n) is 4.52. The maximum absolute atomic E-state index is 13.4. The Morgan fingerprint density at radius 3 is 2.51 bits per heavy atom. The molecule has 1 aromatic heterocycles. The standard InChI is InChI=1S/C29H23N3O2S/c1-19-22(29(34)32-15-13-27-21(18-32)14-16-35-27)11-6-12-26(19)31-28(33)25-10-5-4-9-24(25)23-8-3-2-7-20(23)17-30/h2-12,14,16H,13,15,18H2,1H3,(H,31,33). The number of hydrogen-bond donors (Lipinski definition) is 1. The van der Waals surface area contributed by atoms with Gasteiger partial charge in [0.15, 0.2) is 0 Å². The molecule has 3 aromatic carbocycles. The molecule has 1 N–H and O–H groups in total. The largest absolute Gasteiger partial charge is 0.334 e. The Balaban J connectivity index is 1.42. The van der Waals surface area contributed by atoms with Gasteiger partial charge in [0.05, 0.1) is 11.6 Å². The van der Waals surface area contributed by atoms with Crippen LogP contribution in [0.25, 0.3) is 11.1 Å². The second kappa shape index (κ2) is 9.57. The monoisotopic (exact) mass is 477 g/mol. The van der Waals surface area contributed by atoms with Crippen molar-refractivity contribution in [3.05, 3.63) is 111 Å². The van der Waals surface area contributed by atoms with Crippen LogP contribution in [0.3, 0.4) is 0 Å². The summed E-state index contributed by atoms with van der Waals surface area (Å²) in [5, 5.41) is 14.6. The van der Waals surface area contributed by atoms with Crippen LogP contribution in [0.2, 0.25) is 0 Å². The molecule has 5 rings (SSSR count). The van der Waals surface area contributed by atoms with Crippen LogP contribution in [0, 0.1) is 18.3 Å². The molecule has 0 radical (unpaired) electrons. The minimum Gasteiger partial charge on any atom is -0.334 e. The van der Waals surface area contributed by atoms with Gasteiger partial charge in [-0.3, -0.25) is 9.59 Å². The van der Waals surface area contributed by atoms with E-state index in [-0.39, 0.29) is 11.8 Å². The van der Waals surface area contributed by atoms with E-state index in [4.69, 9.17) is 0 Å². The molecule has 0 fully saturated rings.